The fraction of sp³-hybridized carbons (Fsp3) is 0.556. The minimum Gasteiger partial charge on any atom is -0.481 e. The number of methoxy groups -OCH3 is 2. The Balaban J connectivity index is 1.59. The molecule has 0 saturated carbocycles. The molecule has 25 heavy (non-hydrogen) atoms. The van der Waals surface area contributed by atoms with Gasteiger partial charge in [-0.2, -0.15) is 16.3 Å². The van der Waals surface area contributed by atoms with Gasteiger partial charge >= 0.3 is 6.01 Å². The second-order valence-corrected chi connectivity index (χ2v) is 7.69. The van der Waals surface area contributed by atoms with E-state index in [1.807, 2.05) is 0 Å². The third-order valence-electron chi connectivity index (χ3n) is 5.47. The van der Waals surface area contributed by atoms with Crippen molar-refractivity contribution in [1.29, 1.82) is 0 Å². The number of nitrogens with zero attached hydrogens (tertiary/aromatic N) is 3. The van der Waals surface area contributed by atoms with Gasteiger partial charge in [0.05, 0.1) is 25.4 Å². The van der Waals surface area contributed by atoms with Crippen LogP contribution in [-0.4, -0.2) is 46.3 Å². The van der Waals surface area contributed by atoms with Crippen LogP contribution in [0.4, 0.5) is 0 Å². The van der Waals surface area contributed by atoms with E-state index < -0.39 is 5.60 Å². The fourth-order valence-corrected chi connectivity index (χ4v) is 4.97. The number of hydrogen-bond donors (Lipinski definition) is 1. The lowest BCUT2D eigenvalue weighted by molar-refractivity contribution is -0.0612. The van der Waals surface area contributed by atoms with Gasteiger partial charge in [-0.05, 0) is 48.1 Å². The van der Waals surface area contributed by atoms with Crippen molar-refractivity contribution in [1.82, 2.24) is 14.9 Å². The summed E-state index contributed by atoms with van der Waals surface area (Å²) in [5.74, 6) is 0.403. The quantitative estimate of drug-likeness (QED) is 0.883. The Morgan fingerprint density at radius 3 is 2.64 bits per heavy atom. The topological polar surface area (TPSA) is 67.7 Å². The van der Waals surface area contributed by atoms with E-state index in [9.17, 15) is 5.11 Å². The highest BCUT2D eigenvalue weighted by Crippen LogP contribution is 2.48. The zero-order valence-corrected chi connectivity index (χ0v) is 15.3. The molecule has 2 aliphatic heterocycles. The lowest BCUT2D eigenvalue weighted by Crippen LogP contribution is -2.49. The van der Waals surface area contributed by atoms with Crippen LogP contribution < -0.4 is 9.47 Å². The van der Waals surface area contributed by atoms with Crippen LogP contribution in [0.2, 0.25) is 0 Å². The molecule has 0 aromatic carbocycles. The van der Waals surface area contributed by atoms with Gasteiger partial charge in [0, 0.05) is 24.8 Å². The Hall–Kier alpha value is -1.70. The standard InChI is InChI=1S/C18H23N3O3S/c1-23-16-15(9-19-17(20-16)24-2)18(22)7-13-3-4-14(8-18)21(13)10-12-5-6-25-11-12/h5-6,9,11,13-14,22H,3-4,7-8,10H2,1-2H3/t13-,14+,18?. The number of hydrogen-bond acceptors (Lipinski definition) is 7. The van der Waals surface area contributed by atoms with Crippen LogP contribution in [0.25, 0.3) is 0 Å². The van der Waals surface area contributed by atoms with E-state index in [1.54, 1.807) is 24.6 Å². The van der Waals surface area contributed by atoms with Crippen molar-refractivity contribution in [3.8, 4) is 11.9 Å². The SMILES string of the molecule is COc1ncc(C2(O)C[C@H]3CC[C@@H](C2)N3Cc2ccsc2)c(OC)n1. The molecule has 134 valence electrons. The Morgan fingerprint density at radius 1 is 1.28 bits per heavy atom. The van der Waals surface area contributed by atoms with Crippen LogP contribution in [0.5, 0.6) is 11.9 Å². The Labute approximate surface area is 151 Å². The molecule has 0 amide bonds. The summed E-state index contributed by atoms with van der Waals surface area (Å²) in [6, 6.07) is 3.18. The second-order valence-electron chi connectivity index (χ2n) is 6.91. The second kappa shape index (κ2) is 6.55. The van der Waals surface area contributed by atoms with E-state index in [4.69, 9.17) is 9.47 Å². The van der Waals surface area contributed by atoms with Crippen molar-refractivity contribution >= 4 is 11.3 Å². The largest absolute Gasteiger partial charge is 0.481 e. The molecule has 2 saturated heterocycles. The summed E-state index contributed by atoms with van der Waals surface area (Å²) < 4.78 is 10.5. The first-order valence-corrected chi connectivity index (χ1v) is 9.52. The molecular formula is C18H23N3O3S. The Kier molecular flexibility index (Phi) is 4.39. The minimum atomic E-state index is -0.950. The maximum Gasteiger partial charge on any atom is 0.319 e. The molecule has 2 bridgehead atoms. The molecule has 4 heterocycles. The average Bonchev–Trinajstić information content (AvgIpc) is 3.22. The maximum absolute atomic E-state index is 11.4. The zero-order valence-electron chi connectivity index (χ0n) is 14.5. The van der Waals surface area contributed by atoms with Crippen molar-refractivity contribution in [2.45, 2.75) is 49.9 Å². The Bertz CT molecular complexity index is 723. The van der Waals surface area contributed by atoms with Crippen LogP contribution in [0.3, 0.4) is 0 Å². The number of fused-ring (bicyclic) bond motifs is 2. The summed E-state index contributed by atoms with van der Waals surface area (Å²) in [6.45, 7) is 0.963. The number of rotatable bonds is 5. The fourth-order valence-electron chi connectivity index (χ4n) is 4.31. The molecule has 1 N–H and O–H groups in total. The van der Waals surface area contributed by atoms with Crippen LogP contribution >= 0.6 is 11.3 Å². The first kappa shape index (κ1) is 16.8. The van der Waals surface area contributed by atoms with E-state index >= 15 is 0 Å². The van der Waals surface area contributed by atoms with Crippen LogP contribution in [-0.2, 0) is 12.1 Å². The molecule has 3 atom stereocenters. The first-order chi connectivity index (χ1) is 12.1. The third-order valence-corrected chi connectivity index (χ3v) is 6.20. The zero-order chi connectivity index (χ0) is 17.4. The Morgan fingerprint density at radius 2 is 2.04 bits per heavy atom. The van der Waals surface area contributed by atoms with Crippen LogP contribution in [0.1, 0.15) is 36.8 Å². The number of piperidine rings is 1. The predicted octanol–water partition coefficient (Wildman–Crippen LogP) is 2.57. The van der Waals surface area contributed by atoms with Gasteiger partial charge < -0.3 is 14.6 Å². The van der Waals surface area contributed by atoms with Gasteiger partial charge in [0.1, 0.15) is 0 Å². The van der Waals surface area contributed by atoms with Crippen molar-refractivity contribution in [3.05, 3.63) is 34.2 Å². The summed E-state index contributed by atoms with van der Waals surface area (Å²) >= 11 is 1.74. The van der Waals surface area contributed by atoms with Gasteiger partial charge in [-0.25, -0.2) is 4.98 Å². The summed E-state index contributed by atoms with van der Waals surface area (Å²) in [4.78, 5) is 11.0. The van der Waals surface area contributed by atoms with Crippen LogP contribution in [0.15, 0.2) is 23.0 Å². The molecule has 0 aliphatic carbocycles. The highest BCUT2D eigenvalue weighted by molar-refractivity contribution is 7.07. The average molecular weight is 361 g/mol. The molecule has 1 unspecified atom stereocenters. The predicted molar refractivity (Wildman–Crippen MR) is 94.9 cm³/mol. The van der Waals surface area contributed by atoms with Crippen LogP contribution in [0, 0.1) is 0 Å². The van der Waals surface area contributed by atoms with Gasteiger partial charge in [0.25, 0.3) is 0 Å². The molecular weight excluding hydrogens is 338 g/mol. The molecule has 7 heteroatoms. The summed E-state index contributed by atoms with van der Waals surface area (Å²) in [7, 11) is 3.08. The summed E-state index contributed by atoms with van der Waals surface area (Å²) in [5.41, 5.74) is 1.08. The normalized spacial score (nSPS) is 28.9. The monoisotopic (exact) mass is 361 g/mol. The summed E-state index contributed by atoms with van der Waals surface area (Å²) in [6.07, 6.45) is 5.25. The molecule has 2 aromatic rings. The molecule has 0 radical (unpaired) electrons. The van der Waals surface area contributed by atoms with E-state index in [0.29, 0.717) is 36.4 Å². The molecule has 4 rings (SSSR count). The van der Waals surface area contributed by atoms with Crippen molar-refractivity contribution in [2.75, 3.05) is 14.2 Å². The van der Waals surface area contributed by atoms with E-state index in [2.05, 4.69) is 31.7 Å². The van der Waals surface area contributed by atoms with Gasteiger partial charge in [-0.3, -0.25) is 4.90 Å². The molecule has 0 spiro atoms. The van der Waals surface area contributed by atoms with Gasteiger partial charge in [0.15, 0.2) is 0 Å². The van der Waals surface area contributed by atoms with E-state index in [1.165, 1.54) is 12.7 Å². The van der Waals surface area contributed by atoms with Gasteiger partial charge in [-0.1, -0.05) is 0 Å². The first-order valence-electron chi connectivity index (χ1n) is 8.57. The van der Waals surface area contributed by atoms with Gasteiger partial charge in [-0.15, -0.1) is 0 Å². The number of ether oxygens (including phenoxy) is 2. The number of aliphatic hydroxyl groups is 1. The van der Waals surface area contributed by atoms with Gasteiger partial charge in [0.2, 0.25) is 5.88 Å². The molecule has 2 fully saturated rings. The smallest absolute Gasteiger partial charge is 0.319 e. The molecule has 2 aromatic heterocycles. The van der Waals surface area contributed by atoms with Crippen molar-refractivity contribution in [3.63, 3.8) is 0 Å². The number of aromatic nitrogens is 2. The minimum absolute atomic E-state index is 0.252. The van der Waals surface area contributed by atoms with E-state index in [0.717, 1.165) is 19.4 Å². The highest BCUT2D eigenvalue weighted by atomic mass is 32.1. The lowest BCUT2D eigenvalue weighted by atomic mass is 9.81. The third kappa shape index (κ3) is 3.01. The maximum atomic E-state index is 11.4. The lowest BCUT2D eigenvalue weighted by Gasteiger charge is -2.44. The number of thiophene rings is 1. The summed E-state index contributed by atoms with van der Waals surface area (Å²) in [5, 5.41) is 15.7. The van der Waals surface area contributed by atoms with Crippen molar-refractivity contribution < 1.29 is 14.6 Å². The van der Waals surface area contributed by atoms with Crippen molar-refractivity contribution in [2.24, 2.45) is 0 Å². The molecule has 6 nitrogen and oxygen atoms in total. The van der Waals surface area contributed by atoms with E-state index in [-0.39, 0.29) is 6.01 Å². The molecule has 2 aliphatic rings. The highest BCUT2D eigenvalue weighted by Gasteiger charge is 2.49.